The molecule has 0 fully saturated rings. The fraction of sp³-hybridized carbons (Fsp3) is 0.300. The minimum absolute atomic E-state index is 0.0168. The van der Waals surface area contributed by atoms with Crippen LogP contribution in [0.5, 0.6) is 0 Å². The van der Waals surface area contributed by atoms with Crippen molar-refractivity contribution in [3.8, 4) is 0 Å². The molecule has 1 aliphatic rings. The van der Waals surface area contributed by atoms with Gasteiger partial charge in [0.15, 0.2) is 0 Å². The minimum atomic E-state index is -4.80. The average molecular weight is 496 g/mol. The fourth-order valence-corrected chi connectivity index (χ4v) is 3.66. The number of halogens is 6. The Bertz CT molecular complexity index is 1010. The van der Waals surface area contributed by atoms with Crippen LogP contribution in [0.3, 0.4) is 0 Å². The highest BCUT2D eigenvalue weighted by atomic mass is 35.5. The number of aryl methyl sites for hydroxylation is 1. The lowest BCUT2D eigenvalue weighted by molar-refractivity contribution is -0.275. The first kappa shape index (κ1) is 23.5. The normalized spacial score (nSPS) is 18.4. The molecule has 3 rings (SSSR count). The van der Waals surface area contributed by atoms with Crippen molar-refractivity contribution in [2.45, 2.75) is 25.1 Å². The van der Waals surface area contributed by atoms with Crippen molar-refractivity contribution in [2.75, 3.05) is 17.8 Å². The van der Waals surface area contributed by atoms with E-state index in [9.17, 15) is 18.0 Å². The van der Waals surface area contributed by atoms with E-state index < -0.39 is 24.3 Å². The number of rotatable bonds is 5. The molecule has 11 heteroatoms. The topological polar surface area (TPSA) is 59.9 Å². The van der Waals surface area contributed by atoms with Gasteiger partial charge in [-0.1, -0.05) is 40.5 Å². The number of hydrogen-bond donors (Lipinski definition) is 1. The lowest BCUT2D eigenvalue weighted by Gasteiger charge is -2.29. The fourth-order valence-electron chi connectivity index (χ4n) is 3.06. The molecule has 5 nitrogen and oxygen atoms in total. The molecular formula is C20H16Cl3F3N2O3. The van der Waals surface area contributed by atoms with Gasteiger partial charge in [0.1, 0.15) is 6.61 Å². The Kier molecular flexibility index (Phi) is 6.93. The second kappa shape index (κ2) is 9.14. The van der Waals surface area contributed by atoms with Crippen molar-refractivity contribution in [3.05, 3.63) is 63.1 Å². The summed E-state index contributed by atoms with van der Waals surface area (Å²) in [6.07, 6.45) is -6.14. The van der Waals surface area contributed by atoms with Crippen molar-refractivity contribution in [1.29, 1.82) is 0 Å². The number of hydrogen-bond acceptors (Lipinski definition) is 4. The maximum atomic E-state index is 14.1. The maximum absolute atomic E-state index is 14.1. The van der Waals surface area contributed by atoms with Crippen LogP contribution >= 0.6 is 34.8 Å². The Morgan fingerprint density at radius 1 is 1.23 bits per heavy atom. The number of carbonyl (C=O) groups is 1. The average Bonchev–Trinajstić information content (AvgIpc) is 3.14. The number of nitrogens with one attached hydrogen (secondary N) is 1. The molecule has 31 heavy (non-hydrogen) atoms. The summed E-state index contributed by atoms with van der Waals surface area (Å²) in [5, 5.41) is 6.33. The van der Waals surface area contributed by atoms with Crippen LogP contribution in [0.4, 0.5) is 23.7 Å². The summed E-state index contributed by atoms with van der Waals surface area (Å²) in [6, 6.07) is 8.34. The SMILES string of the molecule is Cc1ccc(C2=NOC(c3cc(Cl)cc(Cl)c3)(C(F)(F)F)C2)cc1NC(=O)OCCCl. The van der Waals surface area contributed by atoms with Crippen molar-refractivity contribution in [1.82, 2.24) is 0 Å². The third-order valence-electron chi connectivity index (χ3n) is 4.63. The number of amides is 1. The van der Waals surface area contributed by atoms with Gasteiger partial charge in [-0.25, -0.2) is 4.79 Å². The maximum Gasteiger partial charge on any atom is 0.435 e. The Morgan fingerprint density at radius 3 is 2.52 bits per heavy atom. The van der Waals surface area contributed by atoms with Gasteiger partial charge in [0.25, 0.3) is 5.60 Å². The van der Waals surface area contributed by atoms with Gasteiger partial charge < -0.3 is 9.57 Å². The molecule has 0 bridgehead atoms. The number of alkyl halides is 4. The number of oxime groups is 1. The zero-order valence-electron chi connectivity index (χ0n) is 16.0. The van der Waals surface area contributed by atoms with Crippen LogP contribution in [0.2, 0.25) is 10.0 Å². The molecule has 1 amide bonds. The number of benzene rings is 2. The van der Waals surface area contributed by atoms with Crippen LogP contribution in [0, 0.1) is 6.92 Å². The molecule has 0 saturated heterocycles. The summed E-state index contributed by atoms with van der Waals surface area (Å²) in [7, 11) is 0. The molecule has 0 aromatic heterocycles. The lowest BCUT2D eigenvalue weighted by atomic mass is 9.86. The number of ether oxygens (including phenoxy) is 1. The monoisotopic (exact) mass is 494 g/mol. The van der Waals surface area contributed by atoms with Crippen LogP contribution in [0.25, 0.3) is 0 Å². The molecule has 1 heterocycles. The molecule has 0 radical (unpaired) electrons. The molecule has 1 N–H and O–H groups in total. The molecule has 0 saturated carbocycles. The summed E-state index contributed by atoms with van der Waals surface area (Å²) in [5.41, 5.74) is -1.58. The van der Waals surface area contributed by atoms with Gasteiger partial charge in [-0.2, -0.15) is 13.2 Å². The second-order valence-corrected chi connectivity index (χ2v) is 8.02. The summed E-state index contributed by atoms with van der Waals surface area (Å²) in [4.78, 5) is 16.8. The van der Waals surface area contributed by atoms with Gasteiger partial charge in [0, 0.05) is 33.3 Å². The first-order valence-corrected chi connectivity index (χ1v) is 10.2. The smallest absolute Gasteiger partial charge is 0.435 e. The third-order valence-corrected chi connectivity index (χ3v) is 5.22. The highest BCUT2D eigenvalue weighted by Crippen LogP contribution is 2.49. The van der Waals surface area contributed by atoms with E-state index in [4.69, 9.17) is 44.4 Å². The molecule has 0 spiro atoms. The van der Waals surface area contributed by atoms with Gasteiger partial charge in [0.2, 0.25) is 0 Å². The van der Waals surface area contributed by atoms with Crippen LogP contribution in [0.15, 0.2) is 41.6 Å². The zero-order valence-corrected chi connectivity index (χ0v) is 18.3. The minimum Gasteiger partial charge on any atom is -0.448 e. The van der Waals surface area contributed by atoms with E-state index in [1.54, 1.807) is 19.1 Å². The summed E-state index contributed by atoms with van der Waals surface area (Å²) in [6.45, 7) is 1.74. The van der Waals surface area contributed by atoms with Crippen molar-refractivity contribution >= 4 is 52.3 Å². The van der Waals surface area contributed by atoms with E-state index in [2.05, 4.69) is 10.5 Å². The molecular weight excluding hydrogens is 480 g/mol. The van der Waals surface area contributed by atoms with Crippen LogP contribution < -0.4 is 5.32 Å². The van der Waals surface area contributed by atoms with Crippen molar-refractivity contribution < 1.29 is 27.5 Å². The molecule has 1 atom stereocenters. The highest BCUT2D eigenvalue weighted by Gasteiger charge is 2.62. The van der Waals surface area contributed by atoms with Gasteiger partial charge in [-0.15, -0.1) is 11.6 Å². The number of anilines is 1. The van der Waals surface area contributed by atoms with Crippen LogP contribution in [-0.4, -0.2) is 30.5 Å². The predicted octanol–water partition coefficient (Wildman–Crippen LogP) is 6.67. The van der Waals surface area contributed by atoms with E-state index in [0.29, 0.717) is 16.8 Å². The molecule has 166 valence electrons. The van der Waals surface area contributed by atoms with E-state index >= 15 is 0 Å². The Hall–Kier alpha value is -2.16. The van der Waals surface area contributed by atoms with E-state index in [0.717, 1.165) is 12.1 Å². The van der Waals surface area contributed by atoms with Gasteiger partial charge >= 0.3 is 12.3 Å². The molecule has 1 aliphatic heterocycles. The quantitative estimate of drug-likeness (QED) is 0.471. The summed E-state index contributed by atoms with van der Waals surface area (Å²) in [5.74, 6) is 0.133. The van der Waals surface area contributed by atoms with E-state index in [-0.39, 0.29) is 33.8 Å². The van der Waals surface area contributed by atoms with Crippen LogP contribution in [-0.2, 0) is 15.2 Å². The first-order chi connectivity index (χ1) is 14.6. The van der Waals surface area contributed by atoms with Gasteiger partial charge in [0.05, 0.1) is 11.6 Å². The second-order valence-electron chi connectivity index (χ2n) is 6.77. The van der Waals surface area contributed by atoms with E-state index in [1.807, 2.05) is 0 Å². The number of nitrogens with zero attached hydrogens (tertiary/aromatic N) is 1. The molecule has 0 aliphatic carbocycles. The predicted molar refractivity (Wildman–Crippen MR) is 113 cm³/mol. The first-order valence-electron chi connectivity index (χ1n) is 8.95. The molecule has 2 aromatic rings. The van der Waals surface area contributed by atoms with Crippen molar-refractivity contribution in [2.24, 2.45) is 5.16 Å². The van der Waals surface area contributed by atoms with Crippen molar-refractivity contribution in [3.63, 3.8) is 0 Å². The Morgan fingerprint density at radius 2 is 1.90 bits per heavy atom. The summed E-state index contributed by atoms with van der Waals surface area (Å²) >= 11 is 17.3. The standard InChI is InChI=1S/C20H16Cl3F3N2O3/c1-11-2-3-12(6-16(11)27-18(29)30-5-4-21)17-10-19(31-28-17,20(24,25)26)13-7-14(22)9-15(23)8-13/h2-3,6-9H,4-5,10H2,1H3,(H,27,29). The lowest BCUT2D eigenvalue weighted by Crippen LogP contribution is -2.42. The molecule has 1 unspecified atom stereocenters. The third kappa shape index (κ3) is 5.02. The van der Waals surface area contributed by atoms with E-state index in [1.165, 1.54) is 12.1 Å². The Balaban J connectivity index is 1.92. The highest BCUT2D eigenvalue weighted by molar-refractivity contribution is 6.34. The largest absolute Gasteiger partial charge is 0.448 e. The van der Waals surface area contributed by atoms with Gasteiger partial charge in [-0.3, -0.25) is 5.32 Å². The molecule has 2 aromatic carbocycles. The summed E-state index contributed by atoms with van der Waals surface area (Å²) < 4.78 is 47.2. The zero-order chi connectivity index (χ0) is 22.8. The number of carbonyl (C=O) groups excluding carboxylic acids is 1. The Labute approximate surface area is 191 Å². The van der Waals surface area contributed by atoms with Crippen LogP contribution in [0.1, 0.15) is 23.1 Å². The van der Waals surface area contributed by atoms with Gasteiger partial charge in [-0.05, 0) is 36.8 Å².